The first-order valence-corrected chi connectivity index (χ1v) is 10.8. The van der Waals surface area contributed by atoms with Crippen LogP contribution in [0.4, 0.5) is 0 Å². The smallest absolute Gasteiger partial charge is 0.338 e. The molecule has 144 valence electrons. The minimum atomic E-state index is -3.81. The second-order valence-electron chi connectivity index (χ2n) is 5.87. The molecule has 0 N–H and O–H groups in total. The highest BCUT2D eigenvalue weighted by Gasteiger charge is 2.29. The second-order valence-corrected chi connectivity index (χ2v) is 9.10. The van der Waals surface area contributed by atoms with Gasteiger partial charge in [0, 0.05) is 17.6 Å². The summed E-state index contributed by atoms with van der Waals surface area (Å²) in [4.78, 5) is 12.3. The predicted octanol–water partition coefficient (Wildman–Crippen LogP) is 3.48. The van der Waals surface area contributed by atoms with Gasteiger partial charge in [0.05, 0.1) is 23.8 Å². The molecule has 0 bridgehead atoms. The van der Waals surface area contributed by atoms with E-state index in [2.05, 4.69) is 15.9 Å². The van der Waals surface area contributed by atoms with Gasteiger partial charge < -0.3 is 9.47 Å². The minimum absolute atomic E-state index is 0.0602. The van der Waals surface area contributed by atoms with Gasteiger partial charge in [0.2, 0.25) is 10.0 Å². The zero-order valence-corrected chi connectivity index (χ0v) is 17.4. The van der Waals surface area contributed by atoms with Crippen molar-refractivity contribution >= 4 is 43.5 Å². The lowest BCUT2D eigenvalue weighted by Gasteiger charge is -2.26. The molecule has 9 heteroatoms. The molecule has 0 amide bonds. The van der Waals surface area contributed by atoms with Gasteiger partial charge in [0.1, 0.15) is 11.5 Å². The molecular formula is C18H17BrClNO5S. The average Bonchev–Trinajstić information content (AvgIpc) is 2.67. The van der Waals surface area contributed by atoms with Crippen LogP contribution in [0.25, 0.3) is 0 Å². The van der Waals surface area contributed by atoms with E-state index in [4.69, 9.17) is 21.1 Å². The van der Waals surface area contributed by atoms with Crippen LogP contribution >= 0.6 is 27.5 Å². The minimum Gasteiger partial charge on any atom is -0.457 e. The molecule has 0 unspecified atom stereocenters. The quantitative estimate of drug-likeness (QED) is 0.620. The Labute approximate surface area is 171 Å². The van der Waals surface area contributed by atoms with Crippen molar-refractivity contribution in [2.24, 2.45) is 0 Å². The zero-order chi connectivity index (χ0) is 19.4. The van der Waals surface area contributed by atoms with Crippen LogP contribution < -0.4 is 0 Å². The van der Waals surface area contributed by atoms with Gasteiger partial charge in [-0.25, -0.2) is 13.2 Å². The van der Waals surface area contributed by atoms with E-state index in [1.54, 1.807) is 0 Å². The van der Waals surface area contributed by atoms with Gasteiger partial charge in [-0.1, -0.05) is 39.7 Å². The fourth-order valence-corrected chi connectivity index (χ4v) is 4.97. The predicted molar refractivity (Wildman–Crippen MR) is 104 cm³/mol. The third kappa shape index (κ3) is 4.89. The number of hydrogen-bond donors (Lipinski definition) is 0. The highest BCUT2D eigenvalue weighted by atomic mass is 79.9. The lowest BCUT2D eigenvalue weighted by atomic mass is 10.2. The number of rotatable bonds is 5. The summed E-state index contributed by atoms with van der Waals surface area (Å²) in [6.07, 6.45) is 0. The lowest BCUT2D eigenvalue weighted by Crippen LogP contribution is -2.40. The maximum atomic E-state index is 12.8. The molecule has 0 spiro atoms. The zero-order valence-electron chi connectivity index (χ0n) is 14.2. The van der Waals surface area contributed by atoms with Crippen molar-refractivity contribution in [2.75, 3.05) is 26.3 Å². The van der Waals surface area contributed by atoms with Gasteiger partial charge in [0.25, 0.3) is 0 Å². The number of halogens is 2. The van der Waals surface area contributed by atoms with Crippen LogP contribution in [-0.2, 0) is 26.1 Å². The molecule has 1 heterocycles. The first kappa shape index (κ1) is 20.3. The molecule has 0 aromatic heterocycles. The van der Waals surface area contributed by atoms with E-state index in [0.717, 1.165) is 10.0 Å². The van der Waals surface area contributed by atoms with Crippen LogP contribution in [-0.4, -0.2) is 45.0 Å². The van der Waals surface area contributed by atoms with Gasteiger partial charge in [-0.05, 0) is 35.9 Å². The number of benzene rings is 2. The summed E-state index contributed by atoms with van der Waals surface area (Å²) in [5.41, 5.74) is 0.939. The van der Waals surface area contributed by atoms with Crippen molar-refractivity contribution in [3.8, 4) is 0 Å². The number of esters is 1. The van der Waals surface area contributed by atoms with Crippen LogP contribution in [0.5, 0.6) is 0 Å². The molecule has 3 rings (SSSR count). The first-order chi connectivity index (χ1) is 12.9. The number of sulfonamides is 1. The van der Waals surface area contributed by atoms with E-state index in [-0.39, 0.29) is 35.2 Å². The monoisotopic (exact) mass is 473 g/mol. The molecule has 27 heavy (non-hydrogen) atoms. The fraction of sp³-hybridized carbons (Fsp3) is 0.278. The van der Waals surface area contributed by atoms with E-state index in [1.165, 1.54) is 22.5 Å². The van der Waals surface area contributed by atoms with Gasteiger partial charge in [-0.2, -0.15) is 4.31 Å². The molecular weight excluding hydrogens is 458 g/mol. The van der Waals surface area contributed by atoms with E-state index in [0.29, 0.717) is 13.2 Å². The number of ether oxygens (including phenoxy) is 2. The maximum absolute atomic E-state index is 12.8. The SMILES string of the molecule is O=C(OCc1cccc(Br)c1)c1ccc(Cl)c(S(=O)(=O)N2CCOCC2)c1. The molecule has 1 aliphatic rings. The molecule has 2 aromatic carbocycles. The normalized spacial score (nSPS) is 15.5. The van der Waals surface area contributed by atoms with Gasteiger partial charge >= 0.3 is 5.97 Å². The third-order valence-corrected chi connectivity index (χ3v) is 6.89. The molecule has 6 nitrogen and oxygen atoms in total. The van der Waals surface area contributed by atoms with Crippen LogP contribution in [0.1, 0.15) is 15.9 Å². The molecule has 0 aliphatic carbocycles. The number of nitrogens with zero attached hydrogens (tertiary/aromatic N) is 1. The van der Waals surface area contributed by atoms with E-state index >= 15 is 0 Å². The number of hydrogen-bond acceptors (Lipinski definition) is 5. The van der Waals surface area contributed by atoms with Crippen LogP contribution in [0.2, 0.25) is 5.02 Å². The van der Waals surface area contributed by atoms with Gasteiger partial charge in [-0.3, -0.25) is 0 Å². The largest absolute Gasteiger partial charge is 0.457 e. The summed E-state index contributed by atoms with van der Waals surface area (Å²) in [5.74, 6) is -0.620. The molecule has 1 saturated heterocycles. The number of morpholine rings is 1. The van der Waals surface area contributed by atoms with Crippen LogP contribution in [0.15, 0.2) is 51.8 Å². The molecule has 0 atom stereocenters. The van der Waals surface area contributed by atoms with Crippen molar-refractivity contribution in [3.05, 3.63) is 63.1 Å². The number of carbonyl (C=O) groups is 1. The van der Waals surface area contributed by atoms with Crippen molar-refractivity contribution in [2.45, 2.75) is 11.5 Å². The molecule has 1 fully saturated rings. The second kappa shape index (κ2) is 8.70. The summed E-state index contributed by atoms with van der Waals surface area (Å²) in [5, 5.41) is 0.0602. The summed E-state index contributed by atoms with van der Waals surface area (Å²) in [6, 6.07) is 11.5. The highest BCUT2D eigenvalue weighted by molar-refractivity contribution is 9.10. The van der Waals surface area contributed by atoms with Crippen molar-refractivity contribution in [1.29, 1.82) is 0 Å². The van der Waals surface area contributed by atoms with Gasteiger partial charge in [0.15, 0.2) is 0 Å². The summed E-state index contributed by atoms with van der Waals surface area (Å²) in [6.45, 7) is 1.22. The lowest BCUT2D eigenvalue weighted by molar-refractivity contribution is 0.0472. The fourth-order valence-electron chi connectivity index (χ4n) is 2.61. The Hall–Kier alpha value is -1.45. The third-order valence-electron chi connectivity index (χ3n) is 4.01. The Kier molecular flexibility index (Phi) is 6.54. The van der Waals surface area contributed by atoms with Crippen molar-refractivity contribution in [1.82, 2.24) is 4.31 Å². The Morgan fingerprint density at radius 3 is 2.63 bits per heavy atom. The van der Waals surface area contributed by atoms with Crippen molar-refractivity contribution in [3.63, 3.8) is 0 Å². The maximum Gasteiger partial charge on any atom is 0.338 e. The first-order valence-electron chi connectivity index (χ1n) is 8.17. The topological polar surface area (TPSA) is 72.9 Å². The summed E-state index contributed by atoms with van der Waals surface area (Å²) < 4.78 is 38.3. The molecule has 1 aliphatic heterocycles. The summed E-state index contributed by atoms with van der Waals surface area (Å²) >= 11 is 9.46. The standard InChI is InChI=1S/C18H17BrClNO5S/c19-15-3-1-2-13(10-15)12-26-18(22)14-4-5-16(20)17(11-14)27(23,24)21-6-8-25-9-7-21/h1-5,10-11H,6-9,12H2. The Bertz CT molecular complexity index is 945. The number of carbonyl (C=O) groups excluding carboxylic acids is 1. The van der Waals surface area contributed by atoms with E-state index < -0.39 is 16.0 Å². The molecule has 0 saturated carbocycles. The average molecular weight is 475 g/mol. The van der Waals surface area contributed by atoms with Crippen LogP contribution in [0.3, 0.4) is 0 Å². The van der Waals surface area contributed by atoms with E-state index in [1.807, 2.05) is 24.3 Å². The molecule has 0 radical (unpaired) electrons. The Morgan fingerprint density at radius 1 is 1.19 bits per heavy atom. The summed E-state index contributed by atoms with van der Waals surface area (Å²) in [7, 11) is -3.81. The highest BCUT2D eigenvalue weighted by Crippen LogP contribution is 2.27. The van der Waals surface area contributed by atoms with Gasteiger partial charge in [-0.15, -0.1) is 0 Å². The molecule has 2 aromatic rings. The van der Waals surface area contributed by atoms with Crippen LogP contribution in [0, 0.1) is 0 Å². The van der Waals surface area contributed by atoms with Crippen molar-refractivity contribution < 1.29 is 22.7 Å². The Morgan fingerprint density at radius 2 is 1.93 bits per heavy atom. The Balaban J connectivity index is 1.79. The van der Waals surface area contributed by atoms with E-state index in [9.17, 15) is 13.2 Å².